The number of carbonyl (C=O) groups excluding carboxylic acids is 1. The molecule has 0 amide bonds. The van der Waals surface area contributed by atoms with E-state index in [2.05, 4.69) is 9.88 Å². The minimum atomic E-state index is -0.392. The topological polar surface area (TPSA) is 85.6 Å². The highest BCUT2D eigenvalue weighted by Gasteiger charge is 2.27. The number of hydrogen-bond donors (Lipinski definition) is 0. The summed E-state index contributed by atoms with van der Waals surface area (Å²) >= 11 is 0. The van der Waals surface area contributed by atoms with Crippen LogP contribution in [0.2, 0.25) is 0 Å². The number of hydrogen-bond acceptors (Lipinski definition) is 6. The Bertz CT molecular complexity index is 754. The highest BCUT2D eigenvalue weighted by atomic mass is 16.6. The van der Waals surface area contributed by atoms with Crippen LogP contribution in [-0.4, -0.2) is 36.1 Å². The Kier molecular flexibility index (Phi) is 4.10. The van der Waals surface area contributed by atoms with E-state index in [1.807, 2.05) is 0 Å². The lowest BCUT2D eigenvalue weighted by atomic mass is 9.96. The van der Waals surface area contributed by atoms with Crippen molar-refractivity contribution in [2.45, 2.75) is 12.8 Å². The minimum absolute atomic E-state index is 0.0568. The molecule has 0 bridgehead atoms. The van der Waals surface area contributed by atoms with Crippen LogP contribution in [0.1, 0.15) is 12.8 Å². The molecule has 1 saturated heterocycles. The first-order valence-corrected chi connectivity index (χ1v) is 7.46. The quantitative estimate of drug-likeness (QED) is 0.491. The van der Waals surface area contributed by atoms with Gasteiger partial charge in [-0.2, -0.15) is 0 Å². The van der Waals surface area contributed by atoms with Crippen molar-refractivity contribution in [2.24, 2.45) is 5.92 Å². The molecule has 3 rings (SSSR count). The maximum Gasteiger partial charge on any atom is 0.308 e. The third kappa shape index (κ3) is 2.81. The zero-order valence-corrected chi connectivity index (χ0v) is 12.8. The summed E-state index contributed by atoms with van der Waals surface area (Å²) in [6.45, 7) is 1.40. The highest BCUT2D eigenvalue weighted by Crippen LogP contribution is 2.34. The number of non-ortho nitro benzene ring substituents is 1. The van der Waals surface area contributed by atoms with Gasteiger partial charge < -0.3 is 9.64 Å². The summed E-state index contributed by atoms with van der Waals surface area (Å²) in [5.74, 6) is -0.246. The van der Waals surface area contributed by atoms with E-state index in [9.17, 15) is 14.9 Å². The van der Waals surface area contributed by atoms with E-state index in [-0.39, 0.29) is 17.6 Å². The fraction of sp³-hybridized carbons (Fsp3) is 0.375. The summed E-state index contributed by atoms with van der Waals surface area (Å²) in [7, 11) is 1.41. The second kappa shape index (κ2) is 6.20. The van der Waals surface area contributed by atoms with Gasteiger partial charge in [0, 0.05) is 25.4 Å². The van der Waals surface area contributed by atoms with Crippen molar-refractivity contribution in [1.29, 1.82) is 0 Å². The van der Waals surface area contributed by atoms with Crippen molar-refractivity contribution >= 4 is 28.2 Å². The Labute approximate surface area is 133 Å². The van der Waals surface area contributed by atoms with Gasteiger partial charge in [0.1, 0.15) is 5.52 Å². The van der Waals surface area contributed by atoms with Crippen molar-refractivity contribution in [1.82, 2.24) is 4.98 Å². The molecule has 2 heterocycles. The van der Waals surface area contributed by atoms with Gasteiger partial charge in [0.05, 0.1) is 29.0 Å². The van der Waals surface area contributed by atoms with E-state index in [0.717, 1.165) is 5.69 Å². The maximum absolute atomic E-state index is 11.6. The van der Waals surface area contributed by atoms with E-state index in [1.54, 1.807) is 24.4 Å². The molecule has 1 aliphatic rings. The van der Waals surface area contributed by atoms with Crippen molar-refractivity contribution in [2.75, 3.05) is 25.1 Å². The van der Waals surface area contributed by atoms with E-state index >= 15 is 0 Å². The van der Waals surface area contributed by atoms with Crippen LogP contribution in [0.3, 0.4) is 0 Å². The number of piperidine rings is 1. The van der Waals surface area contributed by atoms with Crippen LogP contribution < -0.4 is 4.90 Å². The molecule has 1 fully saturated rings. The SMILES string of the molecule is COC(=O)C1CCN(c2ccc([N+](=O)[O-])c3cccnc23)CC1. The molecule has 0 atom stereocenters. The summed E-state index contributed by atoms with van der Waals surface area (Å²) in [5.41, 5.74) is 1.55. The molecule has 0 N–H and O–H groups in total. The van der Waals surface area contributed by atoms with E-state index in [1.165, 1.54) is 13.2 Å². The van der Waals surface area contributed by atoms with Crippen molar-refractivity contribution in [3.63, 3.8) is 0 Å². The van der Waals surface area contributed by atoms with Crippen LogP contribution in [-0.2, 0) is 9.53 Å². The molecule has 7 nitrogen and oxygen atoms in total. The van der Waals surface area contributed by atoms with Crippen LogP contribution >= 0.6 is 0 Å². The molecule has 2 aromatic rings. The van der Waals surface area contributed by atoms with Crippen LogP contribution in [0.25, 0.3) is 10.9 Å². The van der Waals surface area contributed by atoms with Gasteiger partial charge in [-0.05, 0) is 31.0 Å². The van der Waals surface area contributed by atoms with Gasteiger partial charge in [0.15, 0.2) is 0 Å². The molecule has 0 aliphatic carbocycles. The number of nitrogens with zero attached hydrogens (tertiary/aromatic N) is 3. The molecular weight excluding hydrogens is 298 g/mol. The normalized spacial score (nSPS) is 15.6. The number of esters is 1. The number of methoxy groups -OCH3 is 1. The van der Waals surface area contributed by atoms with Crippen LogP contribution in [0.15, 0.2) is 30.5 Å². The predicted molar refractivity (Wildman–Crippen MR) is 85.4 cm³/mol. The Morgan fingerprint density at radius 1 is 1.35 bits per heavy atom. The molecule has 0 radical (unpaired) electrons. The summed E-state index contributed by atoms with van der Waals surface area (Å²) in [6.07, 6.45) is 3.05. The molecular formula is C16H17N3O4. The van der Waals surface area contributed by atoms with Crippen molar-refractivity contribution in [3.05, 3.63) is 40.6 Å². The summed E-state index contributed by atoms with van der Waals surface area (Å²) in [4.78, 5) is 28.8. The fourth-order valence-electron chi connectivity index (χ4n) is 3.08. The molecule has 23 heavy (non-hydrogen) atoms. The summed E-state index contributed by atoms with van der Waals surface area (Å²) in [5, 5.41) is 11.7. The Balaban J connectivity index is 1.91. The van der Waals surface area contributed by atoms with Gasteiger partial charge >= 0.3 is 5.97 Å². The average Bonchev–Trinajstić information content (AvgIpc) is 2.60. The predicted octanol–water partition coefficient (Wildman–Crippen LogP) is 2.53. The molecule has 0 spiro atoms. The number of pyridine rings is 1. The smallest absolute Gasteiger partial charge is 0.308 e. The fourth-order valence-corrected chi connectivity index (χ4v) is 3.08. The number of fused-ring (bicyclic) bond motifs is 1. The molecule has 0 saturated carbocycles. The Morgan fingerprint density at radius 2 is 2.09 bits per heavy atom. The Morgan fingerprint density at radius 3 is 2.74 bits per heavy atom. The van der Waals surface area contributed by atoms with Crippen molar-refractivity contribution < 1.29 is 14.5 Å². The van der Waals surface area contributed by atoms with Crippen LogP contribution in [0.4, 0.5) is 11.4 Å². The number of anilines is 1. The zero-order chi connectivity index (χ0) is 16.4. The number of nitro groups is 1. The van der Waals surface area contributed by atoms with E-state index in [0.29, 0.717) is 36.8 Å². The third-order valence-corrected chi connectivity index (χ3v) is 4.29. The van der Waals surface area contributed by atoms with Gasteiger partial charge in [0.25, 0.3) is 5.69 Å². The van der Waals surface area contributed by atoms with Crippen molar-refractivity contribution in [3.8, 4) is 0 Å². The van der Waals surface area contributed by atoms with Gasteiger partial charge in [0.2, 0.25) is 0 Å². The van der Waals surface area contributed by atoms with Crippen LogP contribution in [0, 0.1) is 16.0 Å². The number of carbonyl (C=O) groups is 1. The number of ether oxygens (including phenoxy) is 1. The zero-order valence-electron chi connectivity index (χ0n) is 12.8. The third-order valence-electron chi connectivity index (χ3n) is 4.29. The standard InChI is InChI=1S/C16H17N3O4/c1-23-16(20)11-6-9-18(10-7-11)14-5-4-13(19(21)22)12-3-2-8-17-15(12)14/h2-5,8,11H,6-7,9-10H2,1H3. The van der Waals surface area contributed by atoms with Gasteiger partial charge in [-0.1, -0.05) is 0 Å². The van der Waals surface area contributed by atoms with Crippen LogP contribution in [0.5, 0.6) is 0 Å². The number of rotatable bonds is 3. The monoisotopic (exact) mass is 315 g/mol. The summed E-state index contributed by atoms with van der Waals surface area (Å²) in [6, 6.07) is 6.67. The lowest BCUT2D eigenvalue weighted by Gasteiger charge is -2.32. The summed E-state index contributed by atoms with van der Waals surface area (Å²) < 4.78 is 4.80. The maximum atomic E-state index is 11.6. The van der Waals surface area contributed by atoms with Gasteiger partial charge in [-0.25, -0.2) is 0 Å². The number of nitro benzene ring substituents is 1. The number of aromatic nitrogens is 1. The lowest BCUT2D eigenvalue weighted by Crippen LogP contribution is -2.36. The first-order valence-electron chi connectivity index (χ1n) is 7.46. The molecule has 0 unspecified atom stereocenters. The van der Waals surface area contributed by atoms with Gasteiger partial charge in [-0.3, -0.25) is 19.9 Å². The number of benzene rings is 1. The second-order valence-electron chi connectivity index (χ2n) is 5.54. The average molecular weight is 315 g/mol. The molecule has 1 aliphatic heterocycles. The second-order valence-corrected chi connectivity index (χ2v) is 5.54. The molecule has 1 aromatic heterocycles. The highest BCUT2D eigenvalue weighted by molar-refractivity contribution is 5.97. The molecule has 120 valence electrons. The van der Waals surface area contributed by atoms with E-state index in [4.69, 9.17) is 4.74 Å². The largest absolute Gasteiger partial charge is 0.469 e. The Hall–Kier alpha value is -2.70. The van der Waals surface area contributed by atoms with Gasteiger partial charge in [-0.15, -0.1) is 0 Å². The molecule has 1 aromatic carbocycles. The van der Waals surface area contributed by atoms with E-state index < -0.39 is 4.92 Å². The first-order chi connectivity index (χ1) is 11.1. The lowest BCUT2D eigenvalue weighted by molar-refractivity contribution is -0.383. The first kappa shape index (κ1) is 15.2. The molecule has 7 heteroatoms. The minimum Gasteiger partial charge on any atom is -0.469 e.